The van der Waals surface area contributed by atoms with Gasteiger partial charge in [0.15, 0.2) is 0 Å². The number of nitrogens with zero attached hydrogens (tertiary/aromatic N) is 1. The number of amides is 1. The van der Waals surface area contributed by atoms with Crippen LogP contribution in [0.25, 0.3) is 0 Å². The van der Waals surface area contributed by atoms with Crippen LogP contribution in [-0.2, 0) is 0 Å². The lowest BCUT2D eigenvalue weighted by Crippen LogP contribution is -2.14. The topological polar surface area (TPSA) is 60.5 Å². The number of pyridine rings is 1. The van der Waals surface area contributed by atoms with Crippen LogP contribution in [0.5, 0.6) is 11.5 Å². The molecule has 1 heterocycles. The summed E-state index contributed by atoms with van der Waals surface area (Å²) in [5, 5.41) is 2.50. The summed E-state index contributed by atoms with van der Waals surface area (Å²) in [5.74, 6) is -0.278. The molecule has 7 heteroatoms. The van der Waals surface area contributed by atoms with Gasteiger partial charge in [-0.3, -0.25) is 4.79 Å². The van der Waals surface area contributed by atoms with Crippen LogP contribution in [0.2, 0.25) is 5.15 Å². The van der Waals surface area contributed by atoms with E-state index in [1.807, 2.05) is 0 Å². The number of hydrogen-bond acceptors (Lipinski definition) is 4. The summed E-state index contributed by atoms with van der Waals surface area (Å²) in [6.07, 6.45) is 0.936. The van der Waals surface area contributed by atoms with E-state index in [1.165, 1.54) is 14.2 Å². The molecule has 0 aliphatic rings. The first-order valence-corrected chi connectivity index (χ1v) is 6.27. The highest BCUT2D eigenvalue weighted by atomic mass is 35.5. The Labute approximate surface area is 125 Å². The summed E-state index contributed by atoms with van der Waals surface area (Å²) in [6, 6.07) is 5.92. The number of nitrogens with one attached hydrogen (secondary N) is 1. The summed E-state index contributed by atoms with van der Waals surface area (Å²) >= 11 is 5.79. The molecule has 0 unspecified atom stereocenters. The zero-order chi connectivity index (χ0) is 15.4. The summed E-state index contributed by atoms with van der Waals surface area (Å²) in [4.78, 5) is 15.7. The number of anilines is 1. The second kappa shape index (κ2) is 6.41. The average Bonchev–Trinajstić information content (AvgIpc) is 2.49. The van der Waals surface area contributed by atoms with Crippen molar-refractivity contribution in [1.29, 1.82) is 0 Å². The molecular formula is C14H12ClFN2O3. The third-order valence-electron chi connectivity index (χ3n) is 2.71. The molecule has 1 amide bonds. The molecule has 1 aromatic heterocycles. The van der Waals surface area contributed by atoms with Gasteiger partial charge in [0, 0.05) is 6.07 Å². The number of methoxy groups -OCH3 is 2. The molecule has 1 N–H and O–H groups in total. The molecule has 0 aliphatic carbocycles. The minimum atomic E-state index is -0.651. The minimum absolute atomic E-state index is 0.0680. The maximum atomic E-state index is 13.2. The van der Waals surface area contributed by atoms with Crippen molar-refractivity contribution >= 4 is 23.2 Å². The zero-order valence-corrected chi connectivity index (χ0v) is 12.1. The molecule has 0 saturated heterocycles. The Bertz CT molecular complexity index is 679. The van der Waals surface area contributed by atoms with E-state index >= 15 is 0 Å². The lowest BCUT2D eigenvalue weighted by molar-refractivity contribution is 0.102. The fourth-order valence-corrected chi connectivity index (χ4v) is 1.87. The SMILES string of the molecule is COc1ccc(OC)c(NC(=O)c2cc(F)cnc2Cl)c1. The van der Waals surface area contributed by atoms with Crippen molar-refractivity contribution in [2.24, 2.45) is 0 Å². The van der Waals surface area contributed by atoms with E-state index in [1.54, 1.807) is 18.2 Å². The van der Waals surface area contributed by atoms with Gasteiger partial charge in [-0.05, 0) is 18.2 Å². The van der Waals surface area contributed by atoms with Gasteiger partial charge in [0.05, 0.1) is 31.7 Å². The standard InChI is InChI=1S/C14H12ClFN2O3/c1-20-9-3-4-12(21-2)11(6-9)18-14(19)10-5-8(16)7-17-13(10)15/h3-7H,1-2H3,(H,18,19). The molecular weight excluding hydrogens is 299 g/mol. The van der Waals surface area contributed by atoms with Gasteiger partial charge in [0.1, 0.15) is 22.5 Å². The number of ether oxygens (including phenoxy) is 2. The van der Waals surface area contributed by atoms with Crippen molar-refractivity contribution in [1.82, 2.24) is 4.98 Å². The molecule has 5 nitrogen and oxygen atoms in total. The minimum Gasteiger partial charge on any atom is -0.497 e. The molecule has 0 atom stereocenters. The predicted molar refractivity (Wildman–Crippen MR) is 76.7 cm³/mol. The predicted octanol–water partition coefficient (Wildman–Crippen LogP) is 3.14. The van der Waals surface area contributed by atoms with Gasteiger partial charge in [-0.25, -0.2) is 9.37 Å². The lowest BCUT2D eigenvalue weighted by Gasteiger charge is -2.12. The Morgan fingerprint density at radius 3 is 2.71 bits per heavy atom. The van der Waals surface area contributed by atoms with Crippen LogP contribution in [-0.4, -0.2) is 25.1 Å². The number of aromatic nitrogens is 1. The first-order valence-electron chi connectivity index (χ1n) is 5.89. The van der Waals surface area contributed by atoms with Gasteiger partial charge >= 0.3 is 0 Å². The van der Waals surface area contributed by atoms with E-state index in [0.29, 0.717) is 17.2 Å². The highest BCUT2D eigenvalue weighted by molar-refractivity contribution is 6.33. The van der Waals surface area contributed by atoms with Gasteiger partial charge in [-0.2, -0.15) is 0 Å². The fourth-order valence-electron chi connectivity index (χ4n) is 1.68. The second-order valence-corrected chi connectivity index (χ2v) is 4.37. The Hall–Kier alpha value is -2.34. The molecule has 0 fully saturated rings. The van der Waals surface area contributed by atoms with Crippen LogP contribution in [0.4, 0.5) is 10.1 Å². The van der Waals surface area contributed by atoms with Crippen molar-refractivity contribution in [2.75, 3.05) is 19.5 Å². The van der Waals surface area contributed by atoms with Crippen molar-refractivity contribution in [3.05, 3.63) is 47.0 Å². The van der Waals surface area contributed by atoms with E-state index < -0.39 is 11.7 Å². The third kappa shape index (κ3) is 3.41. The molecule has 1 aromatic carbocycles. The maximum Gasteiger partial charge on any atom is 0.259 e. The van der Waals surface area contributed by atoms with E-state index in [4.69, 9.17) is 21.1 Å². The normalized spacial score (nSPS) is 10.1. The Morgan fingerprint density at radius 2 is 2.05 bits per heavy atom. The maximum absolute atomic E-state index is 13.2. The zero-order valence-electron chi connectivity index (χ0n) is 11.3. The van der Waals surface area contributed by atoms with E-state index in [9.17, 15) is 9.18 Å². The van der Waals surface area contributed by atoms with Crippen molar-refractivity contribution in [2.45, 2.75) is 0 Å². The van der Waals surface area contributed by atoms with Crippen LogP contribution in [0.3, 0.4) is 0 Å². The number of hydrogen-bond donors (Lipinski definition) is 1. The molecule has 2 rings (SSSR count). The van der Waals surface area contributed by atoms with Gasteiger partial charge < -0.3 is 14.8 Å². The van der Waals surface area contributed by atoms with Gasteiger partial charge in [-0.15, -0.1) is 0 Å². The molecule has 2 aromatic rings. The van der Waals surface area contributed by atoms with Crippen LogP contribution in [0.15, 0.2) is 30.5 Å². The number of carbonyl (C=O) groups is 1. The first-order chi connectivity index (χ1) is 10.0. The average molecular weight is 311 g/mol. The summed E-state index contributed by atoms with van der Waals surface area (Å²) in [6.45, 7) is 0. The molecule has 110 valence electrons. The van der Waals surface area contributed by atoms with Crippen LogP contribution >= 0.6 is 11.6 Å². The monoisotopic (exact) mass is 310 g/mol. The van der Waals surface area contributed by atoms with Crippen molar-refractivity contribution in [3.63, 3.8) is 0 Å². The summed E-state index contributed by atoms with van der Waals surface area (Å²) in [7, 11) is 2.97. The van der Waals surface area contributed by atoms with E-state index in [0.717, 1.165) is 12.3 Å². The van der Waals surface area contributed by atoms with Gasteiger partial charge in [0.2, 0.25) is 0 Å². The Kier molecular flexibility index (Phi) is 4.59. The number of rotatable bonds is 4. The molecule has 0 bridgehead atoms. The van der Waals surface area contributed by atoms with Crippen LogP contribution in [0.1, 0.15) is 10.4 Å². The summed E-state index contributed by atoms with van der Waals surface area (Å²) in [5.41, 5.74) is 0.309. The smallest absolute Gasteiger partial charge is 0.259 e. The summed E-state index contributed by atoms with van der Waals surface area (Å²) < 4.78 is 23.4. The molecule has 0 saturated carbocycles. The highest BCUT2D eigenvalue weighted by Crippen LogP contribution is 2.29. The van der Waals surface area contributed by atoms with Gasteiger partial charge in [-0.1, -0.05) is 11.6 Å². The molecule has 0 spiro atoms. The third-order valence-corrected chi connectivity index (χ3v) is 3.01. The molecule has 0 aliphatic heterocycles. The van der Waals surface area contributed by atoms with Crippen molar-refractivity contribution in [3.8, 4) is 11.5 Å². The lowest BCUT2D eigenvalue weighted by atomic mass is 10.2. The number of benzene rings is 1. The quantitative estimate of drug-likeness (QED) is 0.881. The fraction of sp³-hybridized carbons (Fsp3) is 0.143. The molecule has 0 radical (unpaired) electrons. The van der Waals surface area contributed by atoms with Crippen LogP contribution < -0.4 is 14.8 Å². The Morgan fingerprint density at radius 1 is 1.29 bits per heavy atom. The van der Waals surface area contributed by atoms with E-state index in [-0.39, 0.29) is 10.7 Å². The Balaban J connectivity index is 2.32. The number of halogens is 2. The van der Waals surface area contributed by atoms with Crippen molar-refractivity contribution < 1.29 is 18.7 Å². The largest absolute Gasteiger partial charge is 0.497 e. The second-order valence-electron chi connectivity index (χ2n) is 4.01. The first kappa shape index (κ1) is 15.1. The van der Waals surface area contributed by atoms with Gasteiger partial charge in [0.25, 0.3) is 5.91 Å². The highest BCUT2D eigenvalue weighted by Gasteiger charge is 2.15. The molecule has 21 heavy (non-hydrogen) atoms. The van der Waals surface area contributed by atoms with E-state index in [2.05, 4.69) is 10.3 Å². The van der Waals surface area contributed by atoms with Crippen LogP contribution in [0, 0.1) is 5.82 Å². The number of carbonyl (C=O) groups excluding carboxylic acids is 1.